The first-order chi connectivity index (χ1) is 10.2. The van der Waals surface area contributed by atoms with E-state index >= 15 is 0 Å². The number of guanidine groups is 1. The zero-order valence-electron chi connectivity index (χ0n) is 13.2. The molecule has 0 radical (unpaired) electrons. The Labute approximate surface area is 126 Å². The molecule has 1 saturated heterocycles. The van der Waals surface area contributed by atoms with Crippen molar-refractivity contribution >= 4 is 5.96 Å². The first-order valence-electron chi connectivity index (χ1n) is 7.49. The van der Waals surface area contributed by atoms with Crippen LogP contribution in [0.1, 0.15) is 17.1 Å². The number of hydrogen-bond acceptors (Lipinski definition) is 4. The Morgan fingerprint density at radius 3 is 2.67 bits per heavy atom. The molecule has 1 aromatic rings. The first kappa shape index (κ1) is 15.9. The maximum Gasteiger partial charge on any atom is 0.191 e. The van der Waals surface area contributed by atoms with Gasteiger partial charge in [-0.2, -0.15) is 0 Å². The summed E-state index contributed by atoms with van der Waals surface area (Å²) in [5.74, 6) is 2.73. The van der Waals surface area contributed by atoms with Gasteiger partial charge in [-0.25, -0.2) is 0 Å². The molecule has 1 fully saturated rings. The third-order valence-corrected chi connectivity index (χ3v) is 3.64. The van der Waals surface area contributed by atoms with Crippen LogP contribution in [0.2, 0.25) is 0 Å². The normalized spacial score (nSPS) is 17.0. The monoisotopic (exact) mass is 294 g/mol. The van der Waals surface area contributed by atoms with Crippen molar-refractivity contribution in [3.63, 3.8) is 0 Å². The van der Waals surface area contributed by atoms with Crippen molar-refractivity contribution < 1.29 is 9.15 Å². The van der Waals surface area contributed by atoms with Gasteiger partial charge in [0.25, 0.3) is 0 Å². The highest BCUT2D eigenvalue weighted by Crippen LogP contribution is 2.12. The van der Waals surface area contributed by atoms with E-state index in [1.54, 1.807) is 7.05 Å². The molecule has 21 heavy (non-hydrogen) atoms. The highest BCUT2D eigenvalue weighted by atomic mass is 16.5. The van der Waals surface area contributed by atoms with Crippen LogP contribution in [0.15, 0.2) is 15.5 Å². The Morgan fingerprint density at radius 1 is 1.29 bits per heavy atom. The number of nitrogens with zero attached hydrogens (tertiary/aromatic N) is 2. The zero-order valence-corrected chi connectivity index (χ0v) is 13.2. The lowest BCUT2D eigenvalue weighted by atomic mass is 10.2. The second-order valence-corrected chi connectivity index (χ2v) is 5.25. The molecule has 2 N–H and O–H groups in total. The number of rotatable bonds is 5. The Balaban J connectivity index is 1.69. The number of hydrogen-bond donors (Lipinski definition) is 2. The molecule has 1 aliphatic rings. The van der Waals surface area contributed by atoms with Crippen LogP contribution < -0.4 is 10.6 Å². The molecule has 0 spiro atoms. The van der Waals surface area contributed by atoms with E-state index in [0.29, 0.717) is 0 Å². The van der Waals surface area contributed by atoms with E-state index in [1.807, 2.05) is 13.8 Å². The lowest BCUT2D eigenvalue weighted by Gasteiger charge is -2.26. The van der Waals surface area contributed by atoms with Crippen LogP contribution in [-0.2, 0) is 11.3 Å². The third-order valence-electron chi connectivity index (χ3n) is 3.64. The van der Waals surface area contributed by atoms with Crippen LogP contribution in [0.5, 0.6) is 0 Å². The van der Waals surface area contributed by atoms with Crippen LogP contribution in [-0.4, -0.2) is 57.3 Å². The molecule has 0 aliphatic carbocycles. The number of furan rings is 1. The van der Waals surface area contributed by atoms with Gasteiger partial charge in [-0.15, -0.1) is 0 Å². The second-order valence-electron chi connectivity index (χ2n) is 5.25. The molecule has 0 saturated carbocycles. The van der Waals surface area contributed by atoms with Crippen molar-refractivity contribution in [1.29, 1.82) is 0 Å². The van der Waals surface area contributed by atoms with Crippen molar-refractivity contribution in [1.82, 2.24) is 15.5 Å². The molecule has 6 nitrogen and oxygen atoms in total. The van der Waals surface area contributed by atoms with Crippen molar-refractivity contribution in [3.05, 3.63) is 23.2 Å². The molecular weight excluding hydrogens is 268 g/mol. The van der Waals surface area contributed by atoms with Gasteiger partial charge in [0.15, 0.2) is 5.96 Å². The Morgan fingerprint density at radius 2 is 2.05 bits per heavy atom. The number of ether oxygens (including phenoxy) is 1. The Hall–Kier alpha value is -1.53. The van der Waals surface area contributed by atoms with Crippen LogP contribution in [0.3, 0.4) is 0 Å². The average Bonchev–Trinajstić information content (AvgIpc) is 2.81. The summed E-state index contributed by atoms with van der Waals surface area (Å²) in [6.45, 7) is 10.3. The van der Waals surface area contributed by atoms with E-state index in [1.165, 1.54) is 5.56 Å². The van der Waals surface area contributed by atoms with E-state index in [2.05, 4.69) is 26.6 Å². The maximum atomic E-state index is 5.52. The summed E-state index contributed by atoms with van der Waals surface area (Å²) >= 11 is 0. The SMILES string of the molecule is CN=C(NCCN1CCOCC1)NCc1cc(C)oc1C. The van der Waals surface area contributed by atoms with Crippen molar-refractivity contribution in [2.24, 2.45) is 4.99 Å². The highest BCUT2D eigenvalue weighted by Gasteiger charge is 2.10. The van der Waals surface area contributed by atoms with E-state index in [4.69, 9.17) is 9.15 Å². The second kappa shape index (κ2) is 8.05. The molecule has 0 bridgehead atoms. The van der Waals surface area contributed by atoms with Gasteiger partial charge in [-0.05, 0) is 19.9 Å². The van der Waals surface area contributed by atoms with Crippen LogP contribution in [0, 0.1) is 13.8 Å². The lowest BCUT2D eigenvalue weighted by molar-refractivity contribution is 0.0389. The topological polar surface area (TPSA) is 62.0 Å². The third kappa shape index (κ3) is 5.06. The summed E-state index contributed by atoms with van der Waals surface area (Å²) in [4.78, 5) is 6.64. The fraction of sp³-hybridized carbons (Fsp3) is 0.667. The lowest BCUT2D eigenvalue weighted by Crippen LogP contribution is -2.44. The molecule has 0 unspecified atom stereocenters. The standard InChI is InChI=1S/C15H26N4O2/c1-12-10-14(13(2)21-12)11-18-15(16-3)17-4-5-19-6-8-20-9-7-19/h10H,4-9,11H2,1-3H3,(H2,16,17,18). The zero-order chi connectivity index (χ0) is 15.1. The first-order valence-corrected chi connectivity index (χ1v) is 7.49. The van der Waals surface area contributed by atoms with Crippen LogP contribution in [0.4, 0.5) is 0 Å². The van der Waals surface area contributed by atoms with Gasteiger partial charge in [0.1, 0.15) is 11.5 Å². The smallest absolute Gasteiger partial charge is 0.191 e. The molecule has 2 heterocycles. The van der Waals surface area contributed by atoms with Crippen molar-refractivity contribution in [2.75, 3.05) is 46.4 Å². The van der Waals surface area contributed by atoms with Crippen molar-refractivity contribution in [3.8, 4) is 0 Å². The fourth-order valence-electron chi connectivity index (χ4n) is 2.42. The molecule has 0 amide bonds. The van der Waals surface area contributed by atoms with E-state index in [0.717, 1.165) is 63.4 Å². The van der Waals surface area contributed by atoms with E-state index in [-0.39, 0.29) is 0 Å². The summed E-state index contributed by atoms with van der Waals surface area (Å²) in [6.07, 6.45) is 0. The minimum Gasteiger partial charge on any atom is -0.466 e. The average molecular weight is 294 g/mol. The van der Waals surface area contributed by atoms with Gasteiger partial charge in [0.05, 0.1) is 13.2 Å². The molecule has 0 atom stereocenters. The van der Waals surface area contributed by atoms with Gasteiger partial charge in [-0.3, -0.25) is 9.89 Å². The van der Waals surface area contributed by atoms with Crippen LogP contribution >= 0.6 is 0 Å². The molecule has 2 rings (SSSR count). The Bertz CT molecular complexity index is 464. The predicted molar refractivity (Wildman–Crippen MR) is 83.6 cm³/mol. The Kier molecular flexibility index (Phi) is 6.07. The van der Waals surface area contributed by atoms with Gasteiger partial charge in [0, 0.05) is 45.3 Å². The largest absolute Gasteiger partial charge is 0.466 e. The van der Waals surface area contributed by atoms with Crippen LogP contribution in [0.25, 0.3) is 0 Å². The van der Waals surface area contributed by atoms with E-state index < -0.39 is 0 Å². The minimum atomic E-state index is 0.723. The molecule has 6 heteroatoms. The van der Waals surface area contributed by atoms with Crippen molar-refractivity contribution in [2.45, 2.75) is 20.4 Å². The minimum absolute atomic E-state index is 0.723. The summed E-state index contributed by atoms with van der Waals surface area (Å²) in [6, 6.07) is 2.06. The fourth-order valence-corrected chi connectivity index (χ4v) is 2.42. The summed E-state index contributed by atoms with van der Waals surface area (Å²) in [7, 11) is 1.79. The number of aliphatic imine (C=N–C) groups is 1. The molecule has 1 aromatic heterocycles. The molecular formula is C15H26N4O2. The van der Waals surface area contributed by atoms with Gasteiger partial charge in [-0.1, -0.05) is 0 Å². The van der Waals surface area contributed by atoms with E-state index in [9.17, 15) is 0 Å². The molecule has 118 valence electrons. The number of nitrogens with one attached hydrogen (secondary N) is 2. The summed E-state index contributed by atoms with van der Waals surface area (Å²) in [5.41, 5.74) is 1.17. The summed E-state index contributed by atoms with van der Waals surface area (Å²) in [5, 5.41) is 6.65. The van der Waals surface area contributed by atoms with Gasteiger partial charge in [0.2, 0.25) is 0 Å². The maximum absolute atomic E-state index is 5.52. The summed E-state index contributed by atoms with van der Waals surface area (Å²) < 4.78 is 10.9. The highest BCUT2D eigenvalue weighted by molar-refractivity contribution is 5.79. The molecule has 1 aliphatic heterocycles. The number of morpholine rings is 1. The quantitative estimate of drug-likeness (QED) is 0.624. The number of aryl methyl sites for hydroxylation is 2. The van der Waals surface area contributed by atoms with Gasteiger partial charge >= 0.3 is 0 Å². The van der Waals surface area contributed by atoms with Gasteiger partial charge < -0.3 is 19.8 Å². The molecule has 0 aromatic carbocycles. The predicted octanol–water partition coefficient (Wildman–Crippen LogP) is 0.894.